The van der Waals surface area contributed by atoms with Crippen molar-refractivity contribution in [2.45, 2.75) is 33.7 Å². The van der Waals surface area contributed by atoms with Gasteiger partial charge in [-0.1, -0.05) is 26.0 Å². The van der Waals surface area contributed by atoms with Gasteiger partial charge in [-0.25, -0.2) is 4.79 Å². The second-order valence-corrected chi connectivity index (χ2v) is 10.4. The van der Waals surface area contributed by atoms with Gasteiger partial charge in [-0.3, -0.25) is 14.5 Å². The van der Waals surface area contributed by atoms with Crippen molar-refractivity contribution in [1.82, 2.24) is 0 Å². The van der Waals surface area contributed by atoms with Crippen molar-refractivity contribution in [3.05, 3.63) is 86.6 Å². The number of rotatable bonds is 7. The molecule has 0 saturated carbocycles. The summed E-state index contributed by atoms with van der Waals surface area (Å²) in [6, 6.07) is 12.8. The van der Waals surface area contributed by atoms with Crippen molar-refractivity contribution in [2.24, 2.45) is 5.92 Å². The summed E-state index contributed by atoms with van der Waals surface area (Å²) < 4.78 is 10.8. The number of carbonyl (C=O) groups is 3. The molecule has 1 aromatic heterocycles. The van der Waals surface area contributed by atoms with E-state index in [0.29, 0.717) is 34.0 Å². The van der Waals surface area contributed by atoms with Crippen LogP contribution in [-0.2, 0) is 14.3 Å². The summed E-state index contributed by atoms with van der Waals surface area (Å²) >= 11 is 1.38. The smallest absolute Gasteiger partial charge is 0.338 e. The number of nitrogens with zero attached hydrogens (tertiary/aromatic N) is 1. The van der Waals surface area contributed by atoms with E-state index in [1.54, 1.807) is 30.3 Å². The molecule has 1 amide bonds. The summed E-state index contributed by atoms with van der Waals surface area (Å²) in [6.45, 7) is 7.93. The van der Waals surface area contributed by atoms with E-state index in [9.17, 15) is 19.5 Å². The van der Waals surface area contributed by atoms with Crippen LogP contribution in [0.15, 0.2) is 59.5 Å². The monoisotopic (exact) mass is 519 g/mol. The number of esters is 1. The predicted octanol–water partition coefficient (Wildman–Crippen LogP) is 5.81. The molecule has 2 heterocycles. The zero-order chi connectivity index (χ0) is 26.9. The van der Waals surface area contributed by atoms with Gasteiger partial charge in [-0.2, -0.15) is 0 Å². The Hall–Kier alpha value is -3.91. The zero-order valence-corrected chi connectivity index (χ0v) is 22.2. The molecule has 4 rings (SSSR count). The number of aliphatic hydroxyl groups is 1. The Labute approximate surface area is 220 Å². The van der Waals surface area contributed by atoms with Gasteiger partial charge in [0.05, 0.1) is 30.4 Å². The van der Waals surface area contributed by atoms with E-state index in [1.807, 2.05) is 51.3 Å². The molecule has 7 nitrogen and oxygen atoms in total. The van der Waals surface area contributed by atoms with Crippen LogP contribution in [0.3, 0.4) is 0 Å². The van der Waals surface area contributed by atoms with Crippen molar-refractivity contribution >= 4 is 40.4 Å². The number of anilines is 1. The maximum atomic E-state index is 13.4. The number of methoxy groups -OCH3 is 1. The maximum Gasteiger partial charge on any atom is 0.338 e. The first-order valence-corrected chi connectivity index (χ1v) is 12.8. The SMILES string of the molecule is COc1c(C)cc(C)cc1/C(O)=C1/C(=O)C(=O)N(c2ccc(C(=O)OCC(C)C)cc2)C1c1cccs1. The van der Waals surface area contributed by atoms with Crippen LogP contribution in [0.2, 0.25) is 0 Å². The number of Topliss-reactive ketones (excluding diaryl/α,β-unsaturated/α-hetero) is 1. The number of thiophene rings is 1. The van der Waals surface area contributed by atoms with E-state index in [4.69, 9.17) is 9.47 Å². The number of hydrogen-bond acceptors (Lipinski definition) is 7. The van der Waals surface area contributed by atoms with Crippen molar-refractivity contribution < 1.29 is 29.0 Å². The van der Waals surface area contributed by atoms with E-state index in [1.165, 1.54) is 23.3 Å². The second kappa shape index (κ2) is 10.6. The highest BCUT2D eigenvalue weighted by molar-refractivity contribution is 7.10. The molecule has 1 atom stereocenters. The largest absolute Gasteiger partial charge is 0.507 e. The fourth-order valence-corrected chi connectivity index (χ4v) is 5.27. The lowest BCUT2D eigenvalue weighted by atomic mass is 9.96. The molecule has 192 valence electrons. The Balaban J connectivity index is 1.82. The Morgan fingerprint density at radius 3 is 2.41 bits per heavy atom. The van der Waals surface area contributed by atoms with Crippen LogP contribution < -0.4 is 9.64 Å². The average molecular weight is 520 g/mol. The van der Waals surface area contributed by atoms with Gasteiger partial charge in [-0.05, 0) is 72.7 Å². The molecule has 1 N–H and O–H groups in total. The van der Waals surface area contributed by atoms with Crippen molar-refractivity contribution in [3.63, 3.8) is 0 Å². The number of hydrogen-bond donors (Lipinski definition) is 1. The molecule has 2 aromatic carbocycles. The molecular formula is C29H29NO6S. The molecule has 0 aliphatic carbocycles. The third-order valence-corrected chi connectivity index (χ3v) is 6.99. The van der Waals surface area contributed by atoms with Gasteiger partial charge in [0.1, 0.15) is 17.6 Å². The van der Waals surface area contributed by atoms with Crippen molar-refractivity contribution in [3.8, 4) is 5.75 Å². The van der Waals surface area contributed by atoms with Crippen molar-refractivity contribution in [1.29, 1.82) is 0 Å². The van der Waals surface area contributed by atoms with E-state index in [2.05, 4.69) is 0 Å². The van der Waals surface area contributed by atoms with Crippen LogP contribution in [-0.4, -0.2) is 36.5 Å². The fraction of sp³-hybridized carbons (Fsp3) is 0.276. The predicted molar refractivity (Wildman–Crippen MR) is 143 cm³/mol. The van der Waals surface area contributed by atoms with Crippen LogP contribution in [0.4, 0.5) is 5.69 Å². The number of amides is 1. The number of benzene rings is 2. The van der Waals surface area contributed by atoms with Crippen LogP contribution >= 0.6 is 11.3 Å². The topological polar surface area (TPSA) is 93.1 Å². The minimum absolute atomic E-state index is 0.0174. The number of ketones is 1. The number of carbonyl (C=O) groups excluding carboxylic acids is 3. The Morgan fingerprint density at radius 1 is 1.11 bits per heavy atom. The highest BCUT2D eigenvalue weighted by Gasteiger charge is 2.47. The van der Waals surface area contributed by atoms with Gasteiger partial charge in [0.15, 0.2) is 0 Å². The second-order valence-electron chi connectivity index (χ2n) is 9.39. The number of aryl methyl sites for hydroxylation is 2. The van der Waals surface area contributed by atoms with Crippen LogP contribution in [0.5, 0.6) is 5.75 Å². The van der Waals surface area contributed by atoms with Gasteiger partial charge >= 0.3 is 5.97 Å². The van der Waals surface area contributed by atoms with Gasteiger partial charge in [0.25, 0.3) is 11.7 Å². The normalized spacial score (nSPS) is 16.9. The maximum absolute atomic E-state index is 13.4. The minimum Gasteiger partial charge on any atom is -0.507 e. The van der Waals surface area contributed by atoms with E-state index >= 15 is 0 Å². The molecule has 1 unspecified atom stereocenters. The molecule has 1 aliphatic heterocycles. The zero-order valence-electron chi connectivity index (χ0n) is 21.4. The molecule has 1 aliphatic rings. The Bertz CT molecular complexity index is 1370. The van der Waals surface area contributed by atoms with Gasteiger partial charge in [0.2, 0.25) is 0 Å². The van der Waals surface area contributed by atoms with Gasteiger partial charge in [-0.15, -0.1) is 11.3 Å². The van der Waals surface area contributed by atoms with Gasteiger partial charge in [0, 0.05) is 10.6 Å². The summed E-state index contributed by atoms with van der Waals surface area (Å²) in [7, 11) is 1.50. The summed E-state index contributed by atoms with van der Waals surface area (Å²) in [5, 5.41) is 13.3. The highest BCUT2D eigenvalue weighted by Crippen LogP contribution is 2.45. The average Bonchev–Trinajstić information content (AvgIpc) is 3.48. The molecule has 1 saturated heterocycles. The molecule has 0 spiro atoms. The minimum atomic E-state index is -0.843. The van der Waals surface area contributed by atoms with Crippen LogP contribution in [0.1, 0.15) is 51.8 Å². The Kier molecular flexibility index (Phi) is 7.50. The molecule has 0 bridgehead atoms. The molecule has 8 heteroatoms. The first kappa shape index (κ1) is 26.2. The van der Waals surface area contributed by atoms with Crippen LogP contribution in [0.25, 0.3) is 5.76 Å². The lowest BCUT2D eigenvalue weighted by molar-refractivity contribution is -0.132. The molecule has 37 heavy (non-hydrogen) atoms. The summed E-state index contributed by atoms with van der Waals surface area (Å²) in [4.78, 5) is 41.2. The number of ether oxygens (including phenoxy) is 2. The molecule has 0 radical (unpaired) electrons. The third-order valence-electron chi connectivity index (χ3n) is 6.06. The lowest BCUT2D eigenvalue weighted by Gasteiger charge is -2.24. The summed E-state index contributed by atoms with van der Waals surface area (Å²) in [5.41, 5.74) is 2.77. The standard InChI is InChI=1S/C29H29NO6S/c1-16(2)15-36-29(34)19-8-10-20(11-9-19)30-24(22-7-6-12-37-22)23(26(32)28(30)33)25(31)21-14-17(3)13-18(4)27(21)35-5/h6-14,16,24,31H,15H2,1-5H3/b25-23-. The van der Waals surface area contributed by atoms with E-state index in [-0.39, 0.29) is 17.3 Å². The third kappa shape index (κ3) is 5.02. The van der Waals surface area contributed by atoms with Crippen molar-refractivity contribution in [2.75, 3.05) is 18.6 Å². The van der Waals surface area contributed by atoms with Crippen LogP contribution in [0, 0.1) is 19.8 Å². The van der Waals surface area contributed by atoms with Gasteiger partial charge < -0.3 is 14.6 Å². The van der Waals surface area contributed by atoms with E-state index in [0.717, 1.165) is 11.1 Å². The summed E-state index contributed by atoms with van der Waals surface area (Å²) in [6.07, 6.45) is 0. The first-order chi connectivity index (χ1) is 17.6. The molecular weight excluding hydrogens is 490 g/mol. The molecule has 1 fully saturated rings. The Morgan fingerprint density at radius 2 is 1.81 bits per heavy atom. The quantitative estimate of drug-likeness (QED) is 0.183. The fourth-order valence-electron chi connectivity index (χ4n) is 4.44. The number of aliphatic hydroxyl groups excluding tert-OH is 1. The lowest BCUT2D eigenvalue weighted by Crippen LogP contribution is -2.29. The first-order valence-electron chi connectivity index (χ1n) is 11.9. The highest BCUT2D eigenvalue weighted by atomic mass is 32.1. The summed E-state index contributed by atoms with van der Waals surface area (Å²) in [5.74, 6) is -1.67. The van der Waals surface area contributed by atoms with E-state index < -0.39 is 23.7 Å². The molecule has 3 aromatic rings.